The Morgan fingerprint density at radius 3 is 1.41 bits per heavy atom. The van der Waals surface area contributed by atoms with Gasteiger partial charge in [0.2, 0.25) is 5.28 Å². The summed E-state index contributed by atoms with van der Waals surface area (Å²) in [6.45, 7) is 0. The Labute approximate surface area is 219 Å². The van der Waals surface area contributed by atoms with Crippen molar-refractivity contribution in [2.45, 2.75) is 0 Å². The number of fused-ring (bicyclic) bond motifs is 6. The van der Waals surface area contributed by atoms with Crippen LogP contribution in [0.4, 0.5) is 0 Å². The van der Waals surface area contributed by atoms with Gasteiger partial charge in [-0.25, -0.2) is 4.98 Å². The van der Waals surface area contributed by atoms with Crippen LogP contribution in [-0.2, 0) is 0 Å². The molecule has 0 aliphatic carbocycles. The third kappa shape index (κ3) is 3.81. The zero-order valence-electron chi connectivity index (χ0n) is 19.8. The highest BCUT2D eigenvalue weighted by Crippen LogP contribution is 2.37. The molecule has 0 bridgehead atoms. The molecule has 37 heavy (non-hydrogen) atoms. The van der Waals surface area contributed by atoms with Gasteiger partial charge < -0.3 is 0 Å². The van der Waals surface area contributed by atoms with E-state index in [1.807, 2.05) is 30.3 Å². The van der Waals surface area contributed by atoms with Crippen molar-refractivity contribution in [1.29, 1.82) is 0 Å². The predicted molar refractivity (Wildman–Crippen MR) is 154 cm³/mol. The van der Waals surface area contributed by atoms with Gasteiger partial charge in [-0.1, -0.05) is 115 Å². The summed E-state index contributed by atoms with van der Waals surface area (Å²) in [7, 11) is 0. The molecule has 174 valence electrons. The zero-order valence-corrected chi connectivity index (χ0v) is 20.5. The second-order valence-electron chi connectivity index (χ2n) is 9.05. The number of hydrogen-bond donors (Lipinski definition) is 0. The van der Waals surface area contributed by atoms with E-state index in [4.69, 9.17) is 16.6 Å². The van der Waals surface area contributed by atoms with E-state index >= 15 is 0 Å². The number of nitrogens with zero attached hydrogens (tertiary/aromatic N) is 3. The summed E-state index contributed by atoms with van der Waals surface area (Å²) in [4.78, 5) is 13.7. The van der Waals surface area contributed by atoms with Gasteiger partial charge in [-0.15, -0.1) is 0 Å². The van der Waals surface area contributed by atoms with Crippen molar-refractivity contribution in [1.82, 2.24) is 15.0 Å². The normalized spacial score (nSPS) is 11.4. The fraction of sp³-hybridized carbons (Fsp3) is 0. The Balaban J connectivity index is 1.36. The molecule has 1 aromatic heterocycles. The maximum Gasteiger partial charge on any atom is 0.226 e. The first-order valence-corrected chi connectivity index (χ1v) is 12.5. The average molecular weight is 494 g/mol. The standard InChI is InChI=1S/C33H20ClN3/c34-33-36-31(23-16-14-22(15-17-23)21-8-2-1-3-9-21)35-32(37-33)24-18-19-29-27-12-5-4-10-25(27)26-11-6-7-13-28(26)30(29)20-24/h1-20H. The van der Waals surface area contributed by atoms with Gasteiger partial charge in [0.1, 0.15) is 0 Å². The lowest BCUT2D eigenvalue weighted by atomic mass is 9.93. The third-order valence-electron chi connectivity index (χ3n) is 6.86. The number of hydrogen-bond acceptors (Lipinski definition) is 3. The lowest BCUT2D eigenvalue weighted by molar-refractivity contribution is 1.07. The van der Waals surface area contributed by atoms with Crippen LogP contribution in [0.3, 0.4) is 0 Å². The Morgan fingerprint density at radius 2 is 0.784 bits per heavy atom. The molecule has 6 aromatic carbocycles. The molecule has 1 heterocycles. The smallest absolute Gasteiger partial charge is 0.208 e. The monoisotopic (exact) mass is 493 g/mol. The molecule has 0 spiro atoms. The summed E-state index contributed by atoms with van der Waals surface area (Å²) in [6.07, 6.45) is 0. The highest BCUT2D eigenvalue weighted by atomic mass is 35.5. The minimum atomic E-state index is 0.176. The summed E-state index contributed by atoms with van der Waals surface area (Å²) in [5.41, 5.74) is 4.10. The van der Waals surface area contributed by atoms with Crippen LogP contribution in [0, 0.1) is 0 Å². The first-order chi connectivity index (χ1) is 18.2. The largest absolute Gasteiger partial charge is 0.226 e. The molecule has 0 saturated carbocycles. The van der Waals surface area contributed by atoms with Crippen molar-refractivity contribution in [2.75, 3.05) is 0 Å². The van der Waals surface area contributed by atoms with Crippen LogP contribution in [-0.4, -0.2) is 15.0 Å². The molecule has 0 radical (unpaired) electrons. The molecule has 4 heteroatoms. The van der Waals surface area contributed by atoms with Gasteiger partial charge in [0.05, 0.1) is 0 Å². The van der Waals surface area contributed by atoms with Crippen LogP contribution in [0.2, 0.25) is 5.28 Å². The molecule has 3 nitrogen and oxygen atoms in total. The van der Waals surface area contributed by atoms with Crippen LogP contribution in [0.25, 0.3) is 66.2 Å². The van der Waals surface area contributed by atoms with Crippen LogP contribution >= 0.6 is 11.6 Å². The van der Waals surface area contributed by atoms with Gasteiger partial charge in [-0.2, -0.15) is 9.97 Å². The summed E-state index contributed by atoms with van der Waals surface area (Å²) < 4.78 is 0. The van der Waals surface area contributed by atoms with Gasteiger partial charge in [0.25, 0.3) is 0 Å². The summed E-state index contributed by atoms with van der Waals surface area (Å²) in [6, 6.07) is 42.0. The lowest BCUT2D eigenvalue weighted by Gasteiger charge is -2.12. The van der Waals surface area contributed by atoms with Crippen molar-refractivity contribution in [2.24, 2.45) is 0 Å². The number of rotatable bonds is 3. The van der Waals surface area contributed by atoms with E-state index < -0.39 is 0 Å². The van der Waals surface area contributed by atoms with E-state index in [1.165, 1.54) is 32.5 Å². The molecule has 7 aromatic rings. The molecule has 0 aliphatic rings. The van der Waals surface area contributed by atoms with Crippen molar-refractivity contribution in [3.63, 3.8) is 0 Å². The van der Waals surface area contributed by atoms with Crippen molar-refractivity contribution in [3.05, 3.63) is 127 Å². The molecular formula is C33H20ClN3. The van der Waals surface area contributed by atoms with Gasteiger partial charge in [0, 0.05) is 11.1 Å². The van der Waals surface area contributed by atoms with E-state index in [2.05, 4.69) is 101 Å². The Morgan fingerprint density at radius 1 is 0.351 bits per heavy atom. The lowest BCUT2D eigenvalue weighted by Crippen LogP contribution is -1.97. The van der Waals surface area contributed by atoms with E-state index in [-0.39, 0.29) is 5.28 Å². The number of aromatic nitrogens is 3. The molecule has 0 fully saturated rings. The Bertz CT molecular complexity index is 1900. The van der Waals surface area contributed by atoms with Crippen molar-refractivity contribution >= 4 is 43.9 Å². The number of halogens is 1. The Hall–Kier alpha value is -4.60. The zero-order chi connectivity index (χ0) is 24.8. The quantitative estimate of drug-likeness (QED) is 0.230. The van der Waals surface area contributed by atoms with Crippen molar-refractivity contribution in [3.8, 4) is 33.9 Å². The van der Waals surface area contributed by atoms with Crippen LogP contribution < -0.4 is 0 Å². The van der Waals surface area contributed by atoms with E-state index in [9.17, 15) is 0 Å². The first kappa shape index (κ1) is 21.7. The van der Waals surface area contributed by atoms with Gasteiger partial charge in [0.15, 0.2) is 11.6 Å². The van der Waals surface area contributed by atoms with Gasteiger partial charge >= 0.3 is 0 Å². The second kappa shape index (κ2) is 8.81. The fourth-order valence-electron chi connectivity index (χ4n) is 5.10. The minimum Gasteiger partial charge on any atom is -0.208 e. The van der Waals surface area contributed by atoms with Gasteiger partial charge in [-0.3, -0.25) is 0 Å². The summed E-state index contributed by atoms with van der Waals surface area (Å²) >= 11 is 6.41. The second-order valence-corrected chi connectivity index (χ2v) is 9.38. The van der Waals surface area contributed by atoms with E-state index in [0.29, 0.717) is 11.6 Å². The maximum atomic E-state index is 6.41. The molecule has 0 aliphatic heterocycles. The van der Waals surface area contributed by atoms with Crippen LogP contribution in [0.15, 0.2) is 121 Å². The highest BCUT2D eigenvalue weighted by molar-refractivity contribution is 6.28. The van der Waals surface area contributed by atoms with E-state index in [1.54, 1.807) is 0 Å². The SMILES string of the molecule is Clc1nc(-c2ccc(-c3ccccc3)cc2)nc(-c2ccc3c4ccccc4c4ccccc4c3c2)n1. The van der Waals surface area contributed by atoms with E-state index in [0.717, 1.165) is 22.1 Å². The molecule has 0 unspecified atom stereocenters. The third-order valence-corrected chi connectivity index (χ3v) is 7.03. The summed E-state index contributed by atoms with van der Waals surface area (Å²) in [5.74, 6) is 1.11. The number of benzene rings is 6. The minimum absolute atomic E-state index is 0.176. The van der Waals surface area contributed by atoms with Gasteiger partial charge in [-0.05, 0) is 61.1 Å². The molecule has 0 atom stereocenters. The molecule has 0 saturated heterocycles. The van der Waals surface area contributed by atoms with Crippen molar-refractivity contribution < 1.29 is 0 Å². The van der Waals surface area contributed by atoms with Crippen LogP contribution in [0.5, 0.6) is 0 Å². The Kier molecular flexibility index (Phi) is 5.16. The maximum absolute atomic E-state index is 6.41. The fourth-order valence-corrected chi connectivity index (χ4v) is 5.26. The molecule has 0 N–H and O–H groups in total. The molecule has 0 amide bonds. The molecule has 7 rings (SSSR count). The average Bonchev–Trinajstić information content (AvgIpc) is 2.97. The summed E-state index contributed by atoms with van der Waals surface area (Å²) in [5, 5.41) is 7.46. The first-order valence-electron chi connectivity index (χ1n) is 12.2. The highest BCUT2D eigenvalue weighted by Gasteiger charge is 2.13. The molecular weight excluding hydrogens is 474 g/mol. The topological polar surface area (TPSA) is 38.7 Å². The predicted octanol–water partition coefficient (Wildman–Crippen LogP) is 8.99. The van der Waals surface area contributed by atoms with Crippen LogP contribution in [0.1, 0.15) is 0 Å².